The molecule has 0 radical (unpaired) electrons. The molecule has 4 N–H and O–H groups in total. The molecule has 0 unspecified atom stereocenters. The monoisotopic (exact) mass is 444 g/mol. The molecule has 10 heteroatoms. The normalized spacial score (nSPS) is 19.1. The number of nitrogens with two attached hydrogens (primary N) is 1. The molecule has 164 valence electrons. The van der Waals surface area contributed by atoms with Crippen LogP contribution in [0.1, 0.15) is 11.3 Å². The van der Waals surface area contributed by atoms with Crippen LogP contribution in [0.5, 0.6) is 5.75 Å². The van der Waals surface area contributed by atoms with Crippen molar-refractivity contribution in [2.75, 3.05) is 32.0 Å². The van der Waals surface area contributed by atoms with Crippen molar-refractivity contribution in [2.24, 2.45) is 7.05 Å². The van der Waals surface area contributed by atoms with Gasteiger partial charge in [0.15, 0.2) is 0 Å². The molecule has 0 amide bonds. The highest BCUT2D eigenvalue weighted by molar-refractivity contribution is 6.29. The van der Waals surface area contributed by atoms with Gasteiger partial charge in [0.05, 0.1) is 23.6 Å². The highest BCUT2D eigenvalue weighted by atomic mass is 35.5. The number of aryl methyl sites for hydroxylation is 1. The average molecular weight is 445 g/mol. The third-order valence-electron chi connectivity index (χ3n) is 5.22. The number of anilines is 1. The quantitative estimate of drug-likeness (QED) is 0.463. The third-order valence-corrected chi connectivity index (χ3v) is 5.42. The van der Waals surface area contributed by atoms with Crippen molar-refractivity contribution in [3.8, 4) is 17.0 Å². The summed E-state index contributed by atoms with van der Waals surface area (Å²) in [5.74, 6) is 0.873. The van der Waals surface area contributed by atoms with Crippen LogP contribution in [-0.4, -0.2) is 73.3 Å². The molecule has 1 aliphatic heterocycles. The molecular weight excluding hydrogens is 420 g/mol. The number of likely N-dealkylation sites (tertiary alicyclic amines) is 1. The van der Waals surface area contributed by atoms with Crippen molar-refractivity contribution in [3.63, 3.8) is 0 Å². The lowest BCUT2D eigenvalue weighted by atomic mass is 10.0. The van der Waals surface area contributed by atoms with Crippen molar-refractivity contribution in [2.45, 2.75) is 18.6 Å². The summed E-state index contributed by atoms with van der Waals surface area (Å²) in [6, 6.07) is 9.47. The Hall–Kier alpha value is -2.72. The number of hydrogen-bond donors (Lipinski definition) is 3. The SMILES string of the molecule is Cn1cc(-c2cc(Cl)nc(N)n2)c(Cc2ccccc2OCCN2C[C@@H](O)[C@@H](O)C2)n1. The van der Waals surface area contributed by atoms with Gasteiger partial charge in [-0.05, 0) is 6.07 Å². The number of benzene rings is 1. The minimum absolute atomic E-state index is 0.109. The van der Waals surface area contributed by atoms with E-state index in [1.165, 1.54) is 0 Å². The van der Waals surface area contributed by atoms with Crippen LogP contribution in [0.3, 0.4) is 0 Å². The number of β-amino-alcohol motifs (C(OH)–C–C–N with tert-alkyl or cyclic N) is 2. The molecule has 4 rings (SSSR count). The zero-order valence-electron chi connectivity index (χ0n) is 17.1. The predicted octanol–water partition coefficient (Wildman–Crippen LogP) is 1.12. The Morgan fingerprint density at radius 3 is 2.68 bits per heavy atom. The highest BCUT2D eigenvalue weighted by Gasteiger charge is 2.29. The summed E-state index contributed by atoms with van der Waals surface area (Å²) >= 11 is 6.06. The number of rotatable bonds is 7. The zero-order valence-corrected chi connectivity index (χ0v) is 17.9. The summed E-state index contributed by atoms with van der Waals surface area (Å²) in [7, 11) is 1.85. The van der Waals surface area contributed by atoms with Crippen LogP contribution >= 0.6 is 11.6 Å². The number of aliphatic hydroxyl groups is 2. The van der Waals surface area contributed by atoms with Gasteiger partial charge in [0.25, 0.3) is 0 Å². The van der Waals surface area contributed by atoms with Crippen molar-refractivity contribution >= 4 is 17.5 Å². The van der Waals surface area contributed by atoms with Gasteiger partial charge < -0.3 is 20.7 Å². The average Bonchev–Trinajstić information content (AvgIpc) is 3.23. The number of hydrogen-bond acceptors (Lipinski definition) is 8. The molecule has 1 aromatic carbocycles. The molecule has 0 aliphatic carbocycles. The Morgan fingerprint density at radius 2 is 1.94 bits per heavy atom. The van der Waals surface area contributed by atoms with E-state index in [4.69, 9.17) is 22.1 Å². The Bertz CT molecular complexity index is 1030. The van der Waals surface area contributed by atoms with Gasteiger partial charge in [-0.1, -0.05) is 29.8 Å². The van der Waals surface area contributed by atoms with E-state index >= 15 is 0 Å². The number of aromatic nitrogens is 4. The standard InChI is InChI=1S/C21H25ClN6O3/c1-27-10-14(15-9-20(22)25-21(23)24-15)16(26-27)8-13-4-2-3-5-19(13)31-7-6-28-11-17(29)18(30)12-28/h2-5,9-10,17-18,29-30H,6-8,11-12H2,1H3,(H2,23,24,25)/t17-,18+. The molecule has 0 bridgehead atoms. The van der Waals surface area contributed by atoms with Crippen LogP contribution in [-0.2, 0) is 13.5 Å². The fourth-order valence-electron chi connectivity index (χ4n) is 3.74. The molecule has 0 saturated carbocycles. The lowest BCUT2D eigenvalue weighted by molar-refractivity contribution is 0.0572. The largest absolute Gasteiger partial charge is 0.492 e. The Kier molecular flexibility index (Phi) is 6.38. The molecule has 1 aliphatic rings. The Morgan fingerprint density at radius 1 is 1.19 bits per heavy atom. The number of aliphatic hydroxyl groups excluding tert-OH is 2. The summed E-state index contributed by atoms with van der Waals surface area (Å²) < 4.78 is 7.75. The minimum atomic E-state index is -0.695. The van der Waals surface area contributed by atoms with E-state index in [1.54, 1.807) is 10.7 Å². The van der Waals surface area contributed by atoms with Crippen LogP contribution in [0.2, 0.25) is 5.15 Å². The van der Waals surface area contributed by atoms with Gasteiger partial charge in [-0.2, -0.15) is 5.10 Å². The fourth-order valence-corrected chi connectivity index (χ4v) is 3.93. The highest BCUT2D eigenvalue weighted by Crippen LogP contribution is 2.28. The lowest BCUT2D eigenvalue weighted by Gasteiger charge is -2.16. The second-order valence-corrected chi connectivity index (χ2v) is 8.01. The van der Waals surface area contributed by atoms with E-state index < -0.39 is 12.2 Å². The molecule has 3 aromatic rings. The number of halogens is 1. The van der Waals surface area contributed by atoms with Gasteiger partial charge in [0.2, 0.25) is 5.95 Å². The maximum atomic E-state index is 9.68. The molecule has 9 nitrogen and oxygen atoms in total. The van der Waals surface area contributed by atoms with Gasteiger partial charge >= 0.3 is 0 Å². The van der Waals surface area contributed by atoms with Gasteiger partial charge in [-0.15, -0.1) is 0 Å². The fraction of sp³-hybridized carbons (Fsp3) is 0.381. The van der Waals surface area contributed by atoms with Gasteiger partial charge in [-0.25, -0.2) is 9.97 Å². The molecule has 2 atom stereocenters. The smallest absolute Gasteiger partial charge is 0.221 e. The zero-order chi connectivity index (χ0) is 22.0. The first-order valence-corrected chi connectivity index (χ1v) is 10.4. The molecule has 31 heavy (non-hydrogen) atoms. The van der Waals surface area contributed by atoms with Crippen LogP contribution < -0.4 is 10.5 Å². The summed E-state index contributed by atoms with van der Waals surface area (Å²) in [4.78, 5) is 10.2. The van der Waals surface area contributed by atoms with Crippen LogP contribution in [0.4, 0.5) is 5.95 Å². The van der Waals surface area contributed by atoms with Crippen LogP contribution in [0.15, 0.2) is 36.5 Å². The van der Waals surface area contributed by atoms with Crippen molar-refractivity contribution in [3.05, 3.63) is 52.9 Å². The second-order valence-electron chi connectivity index (χ2n) is 7.62. The van der Waals surface area contributed by atoms with E-state index in [9.17, 15) is 10.2 Å². The van der Waals surface area contributed by atoms with Crippen molar-refractivity contribution in [1.82, 2.24) is 24.6 Å². The number of nitrogens with zero attached hydrogens (tertiary/aromatic N) is 5. The topological polar surface area (TPSA) is 123 Å². The summed E-state index contributed by atoms with van der Waals surface area (Å²) in [6.07, 6.45) is 1.02. The van der Waals surface area contributed by atoms with Crippen LogP contribution in [0, 0.1) is 0 Å². The second kappa shape index (κ2) is 9.19. The van der Waals surface area contributed by atoms with E-state index in [0.717, 1.165) is 22.6 Å². The van der Waals surface area contributed by atoms with Crippen molar-refractivity contribution < 1.29 is 14.9 Å². The molecule has 2 aromatic heterocycles. The number of nitrogen functional groups attached to an aromatic ring is 1. The first-order chi connectivity index (χ1) is 14.9. The van der Waals surface area contributed by atoms with Crippen LogP contribution in [0.25, 0.3) is 11.3 Å². The first kappa shape index (κ1) is 21.5. The third kappa shape index (κ3) is 5.13. The predicted molar refractivity (Wildman–Crippen MR) is 117 cm³/mol. The molecular formula is C21H25ClN6O3. The Labute approximate surface area is 185 Å². The van der Waals surface area contributed by atoms with E-state index in [1.807, 2.05) is 42.4 Å². The first-order valence-electron chi connectivity index (χ1n) is 10.0. The van der Waals surface area contributed by atoms with E-state index in [2.05, 4.69) is 15.1 Å². The summed E-state index contributed by atoms with van der Waals surface area (Å²) in [6.45, 7) is 1.97. The van der Waals surface area contributed by atoms with Gasteiger partial charge in [0, 0.05) is 56.5 Å². The maximum Gasteiger partial charge on any atom is 0.221 e. The molecule has 1 fully saturated rings. The van der Waals surface area contributed by atoms with Gasteiger partial charge in [-0.3, -0.25) is 9.58 Å². The summed E-state index contributed by atoms with van der Waals surface area (Å²) in [5.41, 5.74) is 9.01. The van der Waals surface area contributed by atoms with E-state index in [-0.39, 0.29) is 11.1 Å². The van der Waals surface area contributed by atoms with Crippen molar-refractivity contribution in [1.29, 1.82) is 0 Å². The Balaban J connectivity index is 1.49. The molecule has 3 heterocycles. The molecule has 1 saturated heterocycles. The summed E-state index contributed by atoms with van der Waals surface area (Å²) in [5, 5.41) is 24.2. The number of ether oxygens (including phenoxy) is 1. The maximum absolute atomic E-state index is 9.68. The van der Waals surface area contributed by atoms with Gasteiger partial charge in [0.1, 0.15) is 17.5 Å². The van der Waals surface area contributed by atoms with E-state index in [0.29, 0.717) is 38.4 Å². The number of para-hydroxylation sites is 1. The lowest BCUT2D eigenvalue weighted by Crippen LogP contribution is -2.27. The minimum Gasteiger partial charge on any atom is -0.492 e. The molecule has 0 spiro atoms.